The molecule has 2 saturated heterocycles. The molecule has 0 bridgehead atoms. The van der Waals surface area contributed by atoms with Crippen LogP contribution in [0.4, 0.5) is 18.0 Å². The molecule has 2 amide bonds. The highest BCUT2D eigenvalue weighted by molar-refractivity contribution is 6.43. The standard InChI is InChI=1S/C25H32BF3N4O5/c1-24(2,32-9-8-25(28,29)16-32)12-18(13-30)22(34)33-14-19(27)11-20(33)15-38-23(35)31-21(26(36)37)10-17-6-4-3-5-7-17/h3-7,12,19-21,36-37H,8-11,14-16H2,1-2H3,(H,31,35)/t19-,20+,21?/m0/s1. The molecule has 1 unspecified atom stereocenters. The average Bonchev–Trinajstić information content (AvgIpc) is 3.42. The quantitative estimate of drug-likeness (QED) is 0.250. The Labute approximate surface area is 220 Å². The molecule has 2 fully saturated rings. The summed E-state index contributed by atoms with van der Waals surface area (Å²) in [6, 6.07) is 9.75. The highest BCUT2D eigenvalue weighted by atomic mass is 19.3. The zero-order chi connectivity index (χ0) is 28.1. The van der Waals surface area contributed by atoms with Crippen molar-refractivity contribution in [2.75, 3.05) is 26.2 Å². The van der Waals surface area contributed by atoms with Crippen molar-refractivity contribution in [2.45, 2.75) is 62.7 Å². The van der Waals surface area contributed by atoms with E-state index in [2.05, 4.69) is 5.32 Å². The van der Waals surface area contributed by atoms with Gasteiger partial charge in [0.25, 0.3) is 11.8 Å². The molecule has 0 spiro atoms. The van der Waals surface area contributed by atoms with E-state index >= 15 is 0 Å². The molecule has 13 heteroatoms. The molecule has 206 valence electrons. The van der Waals surface area contributed by atoms with Gasteiger partial charge in [-0.05, 0) is 31.9 Å². The van der Waals surface area contributed by atoms with Gasteiger partial charge < -0.3 is 25.0 Å². The second-order valence-corrected chi connectivity index (χ2v) is 10.2. The number of alkyl carbamates (subject to hydrolysis) is 1. The Morgan fingerprint density at radius 2 is 2.03 bits per heavy atom. The molecule has 2 heterocycles. The summed E-state index contributed by atoms with van der Waals surface area (Å²) in [6.07, 6.45) is -1.42. The van der Waals surface area contributed by atoms with Gasteiger partial charge in [0.05, 0.1) is 25.1 Å². The normalized spacial score (nSPS) is 22.6. The fourth-order valence-corrected chi connectivity index (χ4v) is 4.70. The molecule has 2 aliphatic heterocycles. The van der Waals surface area contributed by atoms with Crippen molar-refractivity contribution < 1.29 is 37.5 Å². The molecule has 0 radical (unpaired) electrons. The van der Waals surface area contributed by atoms with Crippen molar-refractivity contribution in [1.29, 1.82) is 5.26 Å². The molecule has 38 heavy (non-hydrogen) atoms. The summed E-state index contributed by atoms with van der Waals surface area (Å²) < 4.78 is 46.9. The van der Waals surface area contributed by atoms with Crippen molar-refractivity contribution in [3.05, 3.63) is 47.5 Å². The Hall–Kier alpha value is -3.08. The monoisotopic (exact) mass is 536 g/mol. The number of halogens is 3. The lowest BCUT2D eigenvalue weighted by molar-refractivity contribution is -0.128. The fraction of sp³-hybridized carbons (Fsp3) is 0.560. The number of nitrogens with one attached hydrogen (secondary N) is 1. The number of nitriles is 1. The van der Waals surface area contributed by atoms with E-state index < -0.39 is 61.9 Å². The van der Waals surface area contributed by atoms with E-state index in [1.807, 2.05) is 0 Å². The number of nitrogens with zero attached hydrogens (tertiary/aromatic N) is 3. The third-order valence-electron chi connectivity index (χ3n) is 6.83. The number of hydrogen-bond donors (Lipinski definition) is 3. The molecule has 1 aromatic carbocycles. The zero-order valence-electron chi connectivity index (χ0n) is 21.3. The largest absolute Gasteiger partial charge is 0.475 e. The third kappa shape index (κ3) is 7.72. The molecular weight excluding hydrogens is 504 g/mol. The SMILES string of the molecule is CC(C)(C=C(C#N)C(=O)N1C[C@@H](F)C[C@@H]1COC(=O)NC(Cc1ccccc1)B(O)O)N1CCC(F)(F)C1. The lowest BCUT2D eigenvalue weighted by Crippen LogP contribution is -2.49. The molecule has 0 aromatic heterocycles. The molecule has 0 saturated carbocycles. The highest BCUT2D eigenvalue weighted by Crippen LogP contribution is 2.33. The highest BCUT2D eigenvalue weighted by Gasteiger charge is 2.44. The minimum absolute atomic E-state index is 0.0963. The molecule has 0 aliphatic carbocycles. The van der Waals surface area contributed by atoms with Gasteiger partial charge in [-0.3, -0.25) is 9.69 Å². The molecule has 3 N–H and O–H groups in total. The summed E-state index contributed by atoms with van der Waals surface area (Å²) in [4.78, 5) is 28.1. The number of rotatable bonds is 9. The summed E-state index contributed by atoms with van der Waals surface area (Å²) >= 11 is 0. The summed E-state index contributed by atoms with van der Waals surface area (Å²) in [7, 11) is -1.87. The van der Waals surface area contributed by atoms with Crippen LogP contribution in [0.3, 0.4) is 0 Å². The van der Waals surface area contributed by atoms with Crippen molar-refractivity contribution in [1.82, 2.24) is 15.1 Å². The molecule has 3 rings (SSSR count). The van der Waals surface area contributed by atoms with E-state index in [4.69, 9.17) is 4.74 Å². The van der Waals surface area contributed by atoms with Crippen LogP contribution in [-0.2, 0) is 16.0 Å². The van der Waals surface area contributed by atoms with Gasteiger partial charge in [0, 0.05) is 24.9 Å². The second-order valence-electron chi connectivity index (χ2n) is 10.2. The predicted octanol–water partition coefficient (Wildman–Crippen LogP) is 1.84. The van der Waals surface area contributed by atoms with Crippen molar-refractivity contribution in [3.8, 4) is 6.07 Å². The maximum Gasteiger partial charge on any atom is 0.475 e. The number of alkyl halides is 3. The number of likely N-dealkylation sites (tertiary alicyclic amines) is 2. The predicted molar refractivity (Wildman–Crippen MR) is 133 cm³/mol. The topological polar surface area (TPSA) is 126 Å². The third-order valence-corrected chi connectivity index (χ3v) is 6.83. The smallest absolute Gasteiger partial charge is 0.447 e. The summed E-state index contributed by atoms with van der Waals surface area (Å²) in [5, 5.41) is 31.3. The van der Waals surface area contributed by atoms with Crippen LogP contribution in [0.1, 0.15) is 32.3 Å². The lowest BCUT2D eigenvalue weighted by Gasteiger charge is -2.33. The van der Waals surface area contributed by atoms with Gasteiger partial charge in [-0.15, -0.1) is 0 Å². The molecule has 9 nitrogen and oxygen atoms in total. The van der Waals surface area contributed by atoms with Gasteiger partial charge in [0.1, 0.15) is 24.4 Å². The van der Waals surface area contributed by atoms with Crippen LogP contribution in [0, 0.1) is 11.3 Å². The zero-order valence-corrected chi connectivity index (χ0v) is 21.3. The number of carbonyl (C=O) groups is 2. The molecule has 3 atom stereocenters. The second kappa shape index (κ2) is 12.2. The van der Waals surface area contributed by atoms with Gasteiger partial charge in [0.15, 0.2) is 0 Å². The van der Waals surface area contributed by atoms with Crippen LogP contribution in [0.15, 0.2) is 42.0 Å². The van der Waals surface area contributed by atoms with Crippen molar-refractivity contribution in [2.24, 2.45) is 0 Å². The van der Waals surface area contributed by atoms with Crippen LogP contribution >= 0.6 is 0 Å². The van der Waals surface area contributed by atoms with Crippen LogP contribution in [0.5, 0.6) is 0 Å². The Bertz CT molecular complexity index is 1070. The van der Waals surface area contributed by atoms with E-state index in [1.54, 1.807) is 50.2 Å². The van der Waals surface area contributed by atoms with Crippen molar-refractivity contribution in [3.63, 3.8) is 0 Å². The molecule has 1 aromatic rings. The van der Waals surface area contributed by atoms with E-state index in [0.29, 0.717) is 0 Å². The van der Waals surface area contributed by atoms with Gasteiger partial charge in [-0.25, -0.2) is 18.0 Å². The number of hydrogen-bond acceptors (Lipinski definition) is 7. The lowest BCUT2D eigenvalue weighted by atomic mass is 9.76. The van der Waals surface area contributed by atoms with Crippen LogP contribution in [0.2, 0.25) is 0 Å². The van der Waals surface area contributed by atoms with Gasteiger partial charge >= 0.3 is 13.2 Å². The maximum atomic E-state index is 14.3. The maximum absolute atomic E-state index is 14.3. The van der Waals surface area contributed by atoms with Gasteiger partial charge in [-0.2, -0.15) is 5.26 Å². The Kier molecular flexibility index (Phi) is 9.46. The Morgan fingerprint density at radius 1 is 1.34 bits per heavy atom. The van der Waals surface area contributed by atoms with Crippen LogP contribution in [-0.4, -0.2) is 94.8 Å². The minimum Gasteiger partial charge on any atom is -0.447 e. The first-order chi connectivity index (χ1) is 17.8. The Balaban J connectivity index is 1.63. The molecule has 2 aliphatic rings. The van der Waals surface area contributed by atoms with Gasteiger partial charge in [-0.1, -0.05) is 30.3 Å². The average molecular weight is 536 g/mol. The number of ether oxygens (including phenoxy) is 1. The van der Waals surface area contributed by atoms with E-state index in [-0.39, 0.29) is 37.9 Å². The van der Waals surface area contributed by atoms with Crippen LogP contribution < -0.4 is 5.32 Å². The first-order valence-electron chi connectivity index (χ1n) is 12.4. The van der Waals surface area contributed by atoms with Gasteiger partial charge in [0.2, 0.25) is 0 Å². The fourth-order valence-electron chi connectivity index (χ4n) is 4.70. The van der Waals surface area contributed by atoms with Crippen molar-refractivity contribution >= 4 is 19.1 Å². The Morgan fingerprint density at radius 3 is 2.61 bits per heavy atom. The minimum atomic E-state index is -2.85. The van der Waals surface area contributed by atoms with Crippen LogP contribution in [0.25, 0.3) is 0 Å². The number of benzene rings is 1. The first-order valence-corrected chi connectivity index (χ1v) is 12.4. The summed E-state index contributed by atoms with van der Waals surface area (Å²) in [5.41, 5.74) is -0.601. The molecular formula is C25H32BF3N4O5. The number of amides is 2. The van der Waals surface area contributed by atoms with E-state index in [1.165, 1.54) is 11.0 Å². The van der Waals surface area contributed by atoms with E-state index in [9.17, 15) is 38.1 Å². The first kappa shape index (κ1) is 29.5. The summed E-state index contributed by atoms with van der Waals surface area (Å²) in [6.45, 7) is 2.12. The summed E-state index contributed by atoms with van der Waals surface area (Å²) in [5.74, 6) is -4.71. The van der Waals surface area contributed by atoms with E-state index in [0.717, 1.165) is 10.5 Å². The number of carbonyl (C=O) groups excluding carboxylic acids is 2.